The average molecular weight is 227 g/mol. The van der Waals surface area contributed by atoms with Gasteiger partial charge < -0.3 is 0 Å². The Labute approximate surface area is 59.0 Å². The second-order valence-corrected chi connectivity index (χ2v) is 4.71. The van der Waals surface area contributed by atoms with E-state index in [1.54, 1.807) is 0 Å². The number of nitrogens with zero attached hydrogens (tertiary/aromatic N) is 1. The predicted octanol–water partition coefficient (Wildman–Crippen LogP) is -3.99. The van der Waals surface area contributed by atoms with Gasteiger partial charge >= 0.3 is 58.8 Å². The van der Waals surface area contributed by atoms with Crippen molar-refractivity contribution >= 4 is 5.91 Å². The van der Waals surface area contributed by atoms with Crippen LogP contribution in [-0.2, 0) is 4.79 Å². The van der Waals surface area contributed by atoms with Gasteiger partial charge in [-0.3, -0.25) is 0 Å². The van der Waals surface area contributed by atoms with Crippen LogP contribution in [0, 0.1) is 0 Å². The Bertz CT molecular complexity index is 106. The van der Waals surface area contributed by atoms with Gasteiger partial charge in [0.25, 0.3) is 0 Å². The van der Waals surface area contributed by atoms with Crippen molar-refractivity contribution in [2.24, 2.45) is 0 Å². The topological polar surface area (TPSA) is 32.3 Å². The normalized spacial score (nSPS) is 23.9. The summed E-state index contributed by atoms with van der Waals surface area (Å²) in [6.45, 7) is 0.604. The molecule has 0 unspecified atom stereocenters. The van der Waals surface area contributed by atoms with Crippen molar-refractivity contribution in [3.63, 3.8) is 0 Å². The molecule has 0 radical (unpaired) electrons. The summed E-state index contributed by atoms with van der Waals surface area (Å²) in [7, 11) is 1.99. The molecule has 1 amide bonds. The molecule has 0 bridgehead atoms. The fourth-order valence-electron chi connectivity index (χ4n) is 0.502. The summed E-state index contributed by atoms with van der Waals surface area (Å²) in [4.78, 5) is 10.5. The molecule has 1 saturated heterocycles. The molecular formula is C4H8IN2O-. The molecular weight excluding hydrogens is 219 g/mol. The van der Waals surface area contributed by atoms with E-state index in [9.17, 15) is 4.79 Å². The van der Waals surface area contributed by atoms with Gasteiger partial charge in [0.2, 0.25) is 0 Å². The van der Waals surface area contributed by atoms with Crippen molar-refractivity contribution in [3.05, 3.63) is 0 Å². The Morgan fingerprint density at radius 3 is 3.00 bits per heavy atom. The standard InChI is InChI=1S/C4H8IN2O/c1-7-2-4(8)6-3-5-7/h2-3H2,1H3,(H,6,8)/q-1. The van der Waals surface area contributed by atoms with Gasteiger partial charge in [-0.2, -0.15) is 0 Å². The van der Waals surface area contributed by atoms with E-state index in [1.807, 2.05) is 7.05 Å². The molecule has 1 fully saturated rings. The van der Waals surface area contributed by atoms with Crippen molar-refractivity contribution < 1.29 is 26.3 Å². The number of alkyl halides is 1. The first-order valence-electron chi connectivity index (χ1n) is 2.36. The number of amides is 1. The van der Waals surface area contributed by atoms with Gasteiger partial charge in [-0.15, -0.1) is 0 Å². The quantitative estimate of drug-likeness (QED) is 0.198. The molecule has 3 nitrogen and oxygen atoms in total. The Hall–Kier alpha value is 0.160. The Morgan fingerprint density at radius 2 is 2.62 bits per heavy atom. The molecule has 1 heterocycles. The average Bonchev–Trinajstić information content (AvgIpc) is 1.64. The third kappa shape index (κ3) is 1.59. The van der Waals surface area contributed by atoms with Gasteiger partial charge in [0.15, 0.2) is 0 Å². The maximum atomic E-state index is 10.5. The van der Waals surface area contributed by atoms with Crippen LogP contribution in [0.25, 0.3) is 0 Å². The van der Waals surface area contributed by atoms with Crippen LogP contribution >= 0.6 is 0 Å². The summed E-state index contributed by atoms with van der Waals surface area (Å²) < 4.78 is 3.02. The van der Waals surface area contributed by atoms with Crippen LogP contribution in [-0.4, -0.2) is 27.2 Å². The van der Waals surface area contributed by atoms with E-state index in [1.165, 1.54) is 0 Å². The molecule has 8 heavy (non-hydrogen) atoms. The number of nitrogens with one attached hydrogen (secondary N) is 1. The number of likely N-dealkylation sites (N-methyl/N-ethyl adjacent to an activating group) is 1. The van der Waals surface area contributed by atoms with Gasteiger partial charge in [0.05, 0.1) is 0 Å². The van der Waals surface area contributed by atoms with Crippen molar-refractivity contribution in [2.75, 3.05) is 18.1 Å². The fourth-order valence-corrected chi connectivity index (χ4v) is 2.23. The van der Waals surface area contributed by atoms with E-state index in [0.717, 1.165) is 4.55 Å². The first-order chi connectivity index (χ1) is 3.79. The van der Waals surface area contributed by atoms with Gasteiger partial charge in [0, 0.05) is 0 Å². The molecule has 1 N–H and O–H groups in total. The van der Waals surface area contributed by atoms with E-state index in [-0.39, 0.29) is 27.4 Å². The SMILES string of the molecule is CN1CC(=O)NC[I-]1. The van der Waals surface area contributed by atoms with Gasteiger partial charge in [-0.25, -0.2) is 0 Å². The Balaban J connectivity index is 2.34. The number of hydrogen-bond donors (Lipinski definition) is 1. The summed E-state index contributed by atoms with van der Waals surface area (Å²) >= 11 is 0.126. The molecule has 0 aromatic heterocycles. The molecule has 48 valence electrons. The van der Waals surface area contributed by atoms with E-state index in [0.29, 0.717) is 6.54 Å². The van der Waals surface area contributed by atoms with Crippen LogP contribution in [0.4, 0.5) is 0 Å². The third-order valence-corrected chi connectivity index (χ3v) is 3.12. The summed E-state index contributed by atoms with van der Waals surface area (Å²) in [6.07, 6.45) is 0. The zero-order chi connectivity index (χ0) is 5.98. The second-order valence-electron chi connectivity index (χ2n) is 1.62. The molecule has 0 aromatic carbocycles. The van der Waals surface area contributed by atoms with Crippen molar-refractivity contribution in [2.45, 2.75) is 0 Å². The number of carbonyl (C=O) groups is 1. The molecule has 0 atom stereocenters. The van der Waals surface area contributed by atoms with Gasteiger partial charge in [-0.05, 0) is 0 Å². The van der Waals surface area contributed by atoms with Crippen molar-refractivity contribution in [3.8, 4) is 0 Å². The monoisotopic (exact) mass is 227 g/mol. The second kappa shape index (κ2) is 2.63. The summed E-state index contributed by atoms with van der Waals surface area (Å²) in [5, 5.41) is 2.78. The Morgan fingerprint density at radius 1 is 1.88 bits per heavy atom. The summed E-state index contributed by atoms with van der Waals surface area (Å²) in [6, 6.07) is 0. The number of rotatable bonds is 0. The maximum absolute atomic E-state index is 10.5. The molecule has 0 spiro atoms. The molecule has 1 rings (SSSR count). The van der Waals surface area contributed by atoms with E-state index < -0.39 is 0 Å². The molecule has 0 aromatic rings. The molecule has 1 aliphatic rings. The molecule has 0 aliphatic carbocycles. The summed E-state index contributed by atoms with van der Waals surface area (Å²) in [5.41, 5.74) is 0. The van der Waals surface area contributed by atoms with Crippen LogP contribution in [0.3, 0.4) is 0 Å². The van der Waals surface area contributed by atoms with Crippen molar-refractivity contribution in [1.82, 2.24) is 8.43 Å². The van der Waals surface area contributed by atoms with E-state index in [2.05, 4.69) is 8.43 Å². The van der Waals surface area contributed by atoms with Crippen LogP contribution in [0.2, 0.25) is 0 Å². The first-order valence-corrected chi connectivity index (χ1v) is 4.85. The molecule has 0 saturated carbocycles. The van der Waals surface area contributed by atoms with E-state index >= 15 is 0 Å². The third-order valence-electron chi connectivity index (χ3n) is 0.889. The van der Waals surface area contributed by atoms with Crippen molar-refractivity contribution in [1.29, 1.82) is 0 Å². The first kappa shape index (κ1) is 6.28. The zero-order valence-corrected chi connectivity index (χ0v) is 6.81. The molecule has 4 heteroatoms. The Kier molecular flexibility index (Phi) is 2.07. The minimum absolute atomic E-state index is 0.126. The number of hydrogen-bond acceptors (Lipinski definition) is 2. The van der Waals surface area contributed by atoms with Crippen LogP contribution in [0.15, 0.2) is 0 Å². The van der Waals surface area contributed by atoms with Crippen LogP contribution in [0.5, 0.6) is 0 Å². The summed E-state index contributed by atoms with van der Waals surface area (Å²) in [5.74, 6) is 0.165. The van der Waals surface area contributed by atoms with Gasteiger partial charge in [-0.1, -0.05) is 0 Å². The van der Waals surface area contributed by atoms with Crippen LogP contribution in [0.1, 0.15) is 0 Å². The number of carbonyl (C=O) groups excluding carboxylic acids is 1. The van der Waals surface area contributed by atoms with E-state index in [4.69, 9.17) is 0 Å². The molecule has 1 aliphatic heterocycles. The van der Waals surface area contributed by atoms with Crippen LogP contribution < -0.4 is 26.8 Å². The van der Waals surface area contributed by atoms with Gasteiger partial charge in [0.1, 0.15) is 0 Å². The predicted molar refractivity (Wildman–Crippen MR) is 25.6 cm³/mol. The number of halogens is 1. The zero-order valence-electron chi connectivity index (χ0n) is 4.65. The fraction of sp³-hybridized carbons (Fsp3) is 0.750. The minimum atomic E-state index is 0.126.